The number of ketones is 1. The molecule has 0 unspecified atom stereocenters. The van der Waals surface area contributed by atoms with Crippen LogP contribution in [0.4, 0.5) is 13.2 Å². The second kappa shape index (κ2) is 8.92. The van der Waals surface area contributed by atoms with Gasteiger partial charge in [-0.1, -0.05) is 0 Å². The van der Waals surface area contributed by atoms with Crippen LogP contribution in [-0.4, -0.2) is 62.8 Å². The summed E-state index contributed by atoms with van der Waals surface area (Å²) in [6, 6.07) is 5.83. The van der Waals surface area contributed by atoms with Crippen LogP contribution in [0.15, 0.2) is 30.6 Å². The molecule has 0 aromatic carbocycles. The summed E-state index contributed by atoms with van der Waals surface area (Å²) in [5, 5.41) is 8.76. The zero-order valence-electron chi connectivity index (χ0n) is 20.0. The molecule has 1 N–H and O–H groups in total. The van der Waals surface area contributed by atoms with Crippen molar-refractivity contribution in [1.82, 2.24) is 30.0 Å². The number of piperidine rings is 1. The molecule has 1 aliphatic carbocycles. The largest absolute Gasteiger partial charge is 0.395 e. The highest BCUT2D eigenvalue weighted by Crippen LogP contribution is 2.58. The van der Waals surface area contributed by atoms with Crippen molar-refractivity contribution >= 4 is 16.7 Å². The molecule has 6 rings (SSSR count). The Morgan fingerprint density at radius 3 is 2.69 bits per heavy atom. The lowest BCUT2D eigenvalue weighted by molar-refractivity contribution is -0.192. The molecule has 3 aliphatic rings. The maximum absolute atomic E-state index is 13.3. The third-order valence-electron chi connectivity index (χ3n) is 8.03. The van der Waals surface area contributed by atoms with E-state index in [0.717, 1.165) is 47.5 Å². The zero-order chi connectivity index (χ0) is 24.9. The number of carbonyl (C=O) groups is 1. The number of nitrogens with zero attached hydrogens (tertiary/aromatic N) is 5. The van der Waals surface area contributed by atoms with Gasteiger partial charge in [-0.3, -0.25) is 14.5 Å². The van der Waals surface area contributed by atoms with E-state index in [4.69, 9.17) is 4.98 Å². The van der Waals surface area contributed by atoms with E-state index in [1.54, 1.807) is 6.20 Å². The summed E-state index contributed by atoms with van der Waals surface area (Å²) in [7, 11) is 0. The smallest absolute Gasteiger partial charge is 0.309 e. The second-order valence-electron chi connectivity index (χ2n) is 10.4. The molecule has 10 heteroatoms. The number of Topliss-reactive ketones (excluding diaryl/α,β-unsaturated/α-hetero) is 1. The van der Waals surface area contributed by atoms with Crippen molar-refractivity contribution in [1.29, 1.82) is 0 Å². The first-order valence-electron chi connectivity index (χ1n) is 12.6. The normalized spacial score (nSPS) is 20.4. The first-order valence-corrected chi connectivity index (χ1v) is 12.6. The highest BCUT2D eigenvalue weighted by Gasteiger charge is 2.63. The van der Waals surface area contributed by atoms with Gasteiger partial charge >= 0.3 is 6.18 Å². The van der Waals surface area contributed by atoms with Gasteiger partial charge in [-0.2, -0.15) is 18.3 Å². The maximum Gasteiger partial charge on any atom is 0.395 e. The van der Waals surface area contributed by atoms with Crippen molar-refractivity contribution in [3.8, 4) is 11.3 Å². The molecular weight excluding hydrogens is 469 g/mol. The van der Waals surface area contributed by atoms with Gasteiger partial charge in [0.15, 0.2) is 0 Å². The Hall–Kier alpha value is -2.85. The fourth-order valence-electron chi connectivity index (χ4n) is 5.55. The van der Waals surface area contributed by atoms with Gasteiger partial charge in [0.2, 0.25) is 0 Å². The second-order valence-corrected chi connectivity index (χ2v) is 10.4. The molecule has 2 fully saturated rings. The standard InChI is InChI=1S/C26H29F3N6O/c27-26(28,29)25(5-6-25)16-34-8-3-17(4-9-34)24(36)12-19-11-22-18(13-31-19)1-2-21(33-22)20-14-32-35-10-7-30-15-23(20)35/h1-2,11,13-14,17,30H,3-10,12,15-16H2. The van der Waals surface area contributed by atoms with E-state index in [2.05, 4.69) is 15.4 Å². The number of halogens is 3. The van der Waals surface area contributed by atoms with Crippen LogP contribution in [0.25, 0.3) is 22.2 Å². The van der Waals surface area contributed by atoms with Crippen molar-refractivity contribution in [2.75, 3.05) is 26.2 Å². The Labute approximate surface area is 207 Å². The number of carbonyl (C=O) groups excluding carboxylic acids is 1. The third-order valence-corrected chi connectivity index (χ3v) is 8.03. The maximum atomic E-state index is 13.3. The number of hydrogen-bond acceptors (Lipinski definition) is 6. The number of hydrogen-bond donors (Lipinski definition) is 1. The van der Waals surface area contributed by atoms with Crippen LogP contribution in [0, 0.1) is 11.3 Å². The van der Waals surface area contributed by atoms with E-state index < -0.39 is 11.6 Å². The number of alkyl halides is 3. The predicted octanol–water partition coefficient (Wildman–Crippen LogP) is 3.76. The fraction of sp³-hybridized carbons (Fsp3) is 0.538. The topological polar surface area (TPSA) is 75.9 Å². The Bertz CT molecular complexity index is 1290. The number of likely N-dealkylation sites (tertiary alicyclic amines) is 1. The van der Waals surface area contributed by atoms with E-state index >= 15 is 0 Å². The summed E-state index contributed by atoms with van der Waals surface area (Å²) in [6.45, 7) is 3.62. The van der Waals surface area contributed by atoms with Crippen LogP contribution >= 0.6 is 0 Å². The van der Waals surface area contributed by atoms with Crippen molar-refractivity contribution in [3.63, 3.8) is 0 Å². The minimum absolute atomic E-state index is 0.0638. The lowest BCUT2D eigenvalue weighted by Crippen LogP contribution is -2.43. The summed E-state index contributed by atoms with van der Waals surface area (Å²) in [5.41, 5.74) is 2.90. The predicted molar refractivity (Wildman–Crippen MR) is 128 cm³/mol. The van der Waals surface area contributed by atoms with Gasteiger partial charge < -0.3 is 10.2 Å². The lowest BCUT2D eigenvalue weighted by Gasteiger charge is -2.34. The van der Waals surface area contributed by atoms with Crippen molar-refractivity contribution < 1.29 is 18.0 Å². The molecule has 0 spiro atoms. The molecule has 1 saturated carbocycles. The highest BCUT2D eigenvalue weighted by molar-refractivity contribution is 5.85. The van der Waals surface area contributed by atoms with Crippen LogP contribution < -0.4 is 5.32 Å². The third kappa shape index (κ3) is 4.41. The lowest BCUT2D eigenvalue weighted by atomic mass is 9.89. The van der Waals surface area contributed by atoms with Gasteiger partial charge in [-0.05, 0) is 57.0 Å². The molecule has 7 nitrogen and oxygen atoms in total. The SMILES string of the molecule is O=C(Cc1cc2nc(-c3cnn4c3CNCC4)ccc2cn1)C1CCN(CC2(C(F)(F)F)CC2)CC1. The van der Waals surface area contributed by atoms with Crippen LogP contribution in [0.2, 0.25) is 0 Å². The van der Waals surface area contributed by atoms with Gasteiger partial charge in [0.05, 0.1) is 35.1 Å². The van der Waals surface area contributed by atoms with Crippen LogP contribution in [0.5, 0.6) is 0 Å². The summed E-state index contributed by atoms with van der Waals surface area (Å²) in [4.78, 5) is 24.2. The summed E-state index contributed by atoms with van der Waals surface area (Å²) < 4.78 is 41.9. The highest BCUT2D eigenvalue weighted by atomic mass is 19.4. The van der Waals surface area contributed by atoms with E-state index in [0.29, 0.717) is 31.6 Å². The molecule has 0 atom stereocenters. The Morgan fingerprint density at radius 1 is 1.14 bits per heavy atom. The number of aromatic nitrogens is 4. The van der Waals surface area contributed by atoms with Gasteiger partial charge in [0, 0.05) is 54.8 Å². The van der Waals surface area contributed by atoms with Crippen LogP contribution in [-0.2, 0) is 24.3 Å². The molecule has 36 heavy (non-hydrogen) atoms. The number of rotatable bonds is 6. The number of nitrogens with one attached hydrogen (secondary N) is 1. The van der Waals surface area contributed by atoms with Gasteiger partial charge in [-0.25, -0.2) is 4.98 Å². The average Bonchev–Trinajstić information content (AvgIpc) is 3.54. The minimum Gasteiger partial charge on any atom is -0.309 e. The van der Waals surface area contributed by atoms with E-state index in [-0.39, 0.29) is 37.5 Å². The first kappa shape index (κ1) is 23.5. The van der Waals surface area contributed by atoms with Crippen LogP contribution in [0.1, 0.15) is 37.1 Å². The molecule has 2 aliphatic heterocycles. The summed E-state index contributed by atoms with van der Waals surface area (Å²) >= 11 is 0. The number of fused-ring (bicyclic) bond motifs is 2. The van der Waals surface area contributed by atoms with E-state index in [1.165, 1.54) is 0 Å². The molecule has 0 bridgehead atoms. The van der Waals surface area contributed by atoms with Crippen molar-refractivity contribution in [3.05, 3.63) is 42.0 Å². The van der Waals surface area contributed by atoms with Crippen molar-refractivity contribution in [2.45, 2.75) is 51.4 Å². The molecule has 1 saturated heterocycles. The summed E-state index contributed by atoms with van der Waals surface area (Å²) in [5.74, 6) is -0.0306. The molecule has 3 aromatic heterocycles. The molecule has 3 aromatic rings. The molecule has 5 heterocycles. The monoisotopic (exact) mass is 498 g/mol. The van der Waals surface area contributed by atoms with E-state index in [1.807, 2.05) is 34.0 Å². The Balaban J connectivity index is 1.11. The molecular formula is C26H29F3N6O. The molecule has 0 radical (unpaired) electrons. The Kier molecular flexibility index (Phi) is 5.83. The van der Waals surface area contributed by atoms with E-state index in [9.17, 15) is 18.0 Å². The Morgan fingerprint density at radius 2 is 1.94 bits per heavy atom. The first-order chi connectivity index (χ1) is 17.3. The quantitative estimate of drug-likeness (QED) is 0.558. The van der Waals surface area contributed by atoms with Gasteiger partial charge in [0.25, 0.3) is 0 Å². The van der Waals surface area contributed by atoms with Gasteiger partial charge in [-0.15, -0.1) is 0 Å². The average molecular weight is 499 g/mol. The number of pyridine rings is 2. The molecule has 190 valence electrons. The minimum atomic E-state index is -4.14. The van der Waals surface area contributed by atoms with Gasteiger partial charge in [0.1, 0.15) is 5.78 Å². The van der Waals surface area contributed by atoms with Crippen LogP contribution in [0.3, 0.4) is 0 Å². The fourth-order valence-corrected chi connectivity index (χ4v) is 5.55. The molecule has 0 amide bonds. The summed E-state index contributed by atoms with van der Waals surface area (Å²) in [6.07, 6.45) is 1.33. The van der Waals surface area contributed by atoms with Crippen molar-refractivity contribution in [2.24, 2.45) is 11.3 Å². The zero-order valence-corrected chi connectivity index (χ0v) is 20.0.